The highest BCUT2D eigenvalue weighted by molar-refractivity contribution is 4.24. The van der Waals surface area contributed by atoms with E-state index in [9.17, 15) is 0 Å². The first-order valence-electron chi connectivity index (χ1n) is 3.43. The summed E-state index contributed by atoms with van der Waals surface area (Å²) >= 11 is 0. The van der Waals surface area contributed by atoms with Crippen LogP contribution in [0.25, 0.3) is 0 Å². The Bertz CT molecular complexity index is 68.8. The highest BCUT2D eigenvalue weighted by atomic mass is 17.3. The van der Waals surface area contributed by atoms with Gasteiger partial charge >= 0.3 is 0 Å². The summed E-state index contributed by atoms with van der Waals surface area (Å²) in [5, 5.41) is 0. The van der Waals surface area contributed by atoms with Gasteiger partial charge in [-0.15, -0.1) is 4.99 Å². The van der Waals surface area contributed by atoms with Crippen molar-refractivity contribution < 1.29 is 9.88 Å². The van der Waals surface area contributed by atoms with E-state index in [4.69, 9.17) is 4.89 Å². The summed E-state index contributed by atoms with van der Waals surface area (Å²) in [5.41, 5.74) is 2.64. The molecule has 10 heavy (non-hydrogen) atoms. The van der Waals surface area contributed by atoms with Gasteiger partial charge in [-0.25, -0.2) is 4.89 Å². The van der Waals surface area contributed by atoms with Crippen molar-refractivity contribution in [3.63, 3.8) is 0 Å². The molecule has 0 bridgehead atoms. The van der Waals surface area contributed by atoms with E-state index in [0.717, 1.165) is 13.0 Å². The molecule has 0 aliphatic carbocycles. The molecule has 0 aliphatic heterocycles. The minimum absolute atomic E-state index is 0.469. The predicted molar refractivity (Wildman–Crippen MR) is 39.0 cm³/mol. The standard InChI is InChI=1S/C6H16N2O2/c1-4-5-7-10-9-6-8(2)3/h7H,4-6H2,1-3H3. The van der Waals surface area contributed by atoms with Crippen molar-refractivity contribution in [2.24, 2.45) is 0 Å². The molecule has 0 heterocycles. The second kappa shape index (κ2) is 6.95. The summed E-state index contributed by atoms with van der Waals surface area (Å²) in [4.78, 5) is 11.2. The Hall–Kier alpha value is -0.160. The lowest BCUT2D eigenvalue weighted by atomic mass is 10.5. The fourth-order valence-corrected chi connectivity index (χ4v) is 0.317. The maximum atomic E-state index is 4.71. The summed E-state index contributed by atoms with van der Waals surface area (Å²) in [6.45, 7) is 3.34. The van der Waals surface area contributed by atoms with Crippen molar-refractivity contribution in [1.29, 1.82) is 0 Å². The van der Waals surface area contributed by atoms with Crippen LogP contribution in [0, 0.1) is 0 Å². The zero-order valence-corrected chi connectivity index (χ0v) is 6.89. The zero-order valence-electron chi connectivity index (χ0n) is 6.89. The first-order valence-corrected chi connectivity index (χ1v) is 3.43. The zero-order chi connectivity index (χ0) is 7.82. The lowest BCUT2D eigenvalue weighted by Crippen LogP contribution is -2.22. The van der Waals surface area contributed by atoms with Crippen LogP contribution in [0.1, 0.15) is 13.3 Å². The molecule has 0 aliphatic rings. The van der Waals surface area contributed by atoms with Crippen LogP contribution in [0.3, 0.4) is 0 Å². The highest BCUT2D eigenvalue weighted by Gasteiger charge is 1.88. The van der Waals surface area contributed by atoms with Gasteiger partial charge in [0.25, 0.3) is 0 Å². The molecule has 0 unspecified atom stereocenters. The summed E-state index contributed by atoms with van der Waals surface area (Å²) in [7, 11) is 3.81. The maximum Gasteiger partial charge on any atom is 0.137 e. The van der Waals surface area contributed by atoms with Gasteiger partial charge in [-0.05, 0) is 20.5 Å². The van der Waals surface area contributed by atoms with Gasteiger partial charge in [0.2, 0.25) is 0 Å². The molecule has 0 fully saturated rings. The highest BCUT2D eigenvalue weighted by Crippen LogP contribution is 1.77. The van der Waals surface area contributed by atoms with E-state index in [1.54, 1.807) is 0 Å². The van der Waals surface area contributed by atoms with Gasteiger partial charge < -0.3 is 0 Å². The van der Waals surface area contributed by atoms with Crippen molar-refractivity contribution in [3.8, 4) is 0 Å². The predicted octanol–water partition coefficient (Wildman–Crippen LogP) is 0.368. The van der Waals surface area contributed by atoms with E-state index in [2.05, 4.69) is 17.4 Å². The molecule has 4 heteroatoms. The largest absolute Gasteiger partial charge is 0.284 e. The molecule has 0 aromatic rings. The number of hydrogen-bond acceptors (Lipinski definition) is 4. The van der Waals surface area contributed by atoms with Crippen molar-refractivity contribution >= 4 is 0 Å². The molecule has 0 rings (SSSR count). The Kier molecular flexibility index (Phi) is 6.84. The SMILES string of the molecule is CCCNOOCN(C)C. The van der Waals surface area contributed by atoms with Gasteiger partial charge in [-0.3, -0.25) is 4.90 Å². The first-order chi connectivity index (χ1) is 4.77. The topological polar surface area (TPSA) is 33.7 Å². The van der Waals surface area contributed by atoms with Gasteiger partial charge in [-0.2, -0.15) is 5.48 Å². The molecule has 62 valence electrons. The Morgan fingerprint density at radius 1 is 1.40 bits per heavy atom. The minimum Gasteiger partial charge on any atom is -0.284 e. The lowest BCUT2D eigenvalue weighted by molar-refractivity contribution is -0.350. The van der Waals surface area contributed by atoms with Gasteiger partial charge in [0, 0.05) is 6.54 Å². The van der Waals surface area contributed by atoms with E-state index >= 15 is 0 Å². The maximum absolute atomic E-state index is 4.71. The van der Waals surface area contributed by atoms with Crippen LogP contribution in [-0.2, 0) is 9.88 Å². The van der Waals surface area contributed by atoms with E-state index in [-0.39, 0.29) is 0 Å². The van der Waals surface area contributed by atoms with E-state index in [1.165, 1.54) is 0 Å². The van der Waals surface area contributed by atoms with Crippen molar-refractivity contribution in [3.05, 3.63) is 0 Å². The summed E-state index contributed by atoms with van der Waals surface area (Å²) < 4.78 is 0. The van der Waals surface area contributed by atoms with Gasteiger partial charge in [0.05, 0.1) is 0 Å². The average molecular weight is 148 g/mol. The molecule has 0 amide bonds. The van der Waals surface area contributed by atoms with Crippen molar-refractivity contribution in [2.45, 2.75) is 13.3 Å². The molecule has 0 radical (unpaired) electrons. The molecule has 0 atom stereocenters. The normalized spacial score (nSPS) is 10.8. The van der Waals surface area contributed by atoms with Crippen LogP contribution >= 0.6 is 0 Å². The number of hydroxylamine groups is 1. The molecular formula is C6H16N2O2. The monoisotopic (exact) mass is 148 g/mol. The molecule has 0 spiro atoms. The van der Waals surface area contributed by atoms with Crippen LogP contribution < -0.4 is 5.48 Å². The average Bonchev–Trinajstić information content (AvgIpc) is 1.87. The van der Waals surface area contributed by atoms with Crippen LogP contribution in [0.15, 0.2) is 0 Å². The van der Waals surface area contributed by atoms with Gasteiger partial charge in [0.15, 0.2) is 0 Å². The summed E-state index contributed by atoms with van der Waals surface area (Å²) in [6, 6.07) is 0. The Morgan fingerprint density at radius 3 is 2.60 bits per heavy atom. The molecule has 0 aromatic carbocycles. The molecule has 0 saturated heterocycles. The minimum atomic E-state index is 0.469. The van der Waals surface area contributed by atoms with Crippen LogP contribution in [0.4, 0.5) is 0 Å². The van der Waals surface area contributed by atoms with Crippen molar-refractivity contribution in [2.75, 3.05) is 27.4 Å². The molecule has 4 nitrogen and oxygen atoms in total. The smallest absolute Gasteiger partial charge is 0.137 e. The summed E-state index contributed by atoms with van der Waals surface area (Å²) in [5.74, 6) is 0. The lowest BCUT2D eigenvalue weighted by Gasteiger charge is -2.08. The second-order valence-corrected chi connectivity index (χ2v) is 2.30. The third kappa shape index (κ3) is 7.84. The summed E-state index contributed by atoms with van der Waals surface area (Å²) in [6.07, 6.45) is 1.03. The Morgan fingerprint density at radius 2 is 2.10 bits per heavy atom. The third-order valence-electron chi connectivity index (χ3n) is 0.781. The Balaban J connectivity index is 2.77. The van der Waals surface area contributed by atoms with E-state index in [1.807, 2.05) is 19.0 Å². The van der Waals surface area contributed by atoms with Crippen LogP contribution in [0.5, 0.6) is 0 Å². The Labute approximate surface area is 62.0 Å². The van der Waals surface area contributed by atoms with Crippen LogP contribution in [0.2, 0.25) is 0 Å². The fraction of sp³-hybridized carbons (Fsp3) is 1.00. The first kappa shape index (κ1) is 9.84. The fourth-order valence-electron chi connectivity index (χ4n) is 0.317. The van der Waals surface area contributed by atoms with Gasteiger partial charge in [-0.1, -0.05) is 6.92 Å². The quantitative estimate of drug-likeness (QED) is 0.255. The second-order valence-electron chi connectivity index (χ2n) is 2.30. The third-order valence-corrected chi connectivity index (χ3v) is 0.781. The molecule has 1 N–H and O–H groups in total. The van der Waals surface area contributed by atoms with Crippen LogP contribution in [-0.4, -0.2) is 32.3 Å². The van der Waals surface area contributed by atoms with Crippen molar-refractivity contribution in [1.82, 2.24) is 10.4 Å². The molecule has 0 saturated carbocycles. The van der Waals surface area contributed by atoms with Gasteiger partial charge in [0.1, 0.15) is 6.73 Å². The van der Waals surface area contributed by atoms with E-state index in [0.29, 0.717) is 6.73 Å². The molecule has 0 aromatic heterocycles. The number of hydrogen-bond donors (Lipinski definition) is 1. The number of nitrogens with zero attached hydrogens (tertiary/aromatic N) is 1. The number of nitrogens with one attached hydrogen (secondary N) is 1. The van der Waals surface area contributed by atoms with E-state index < -0.39 is 0 Å². The number of rotatable bonds is 6. The molecular weight excluding hydrogens is 132 g/mol.